The summed E-state index contributed by atoms with van der Waals surface area (Å²) in [4.78, 5) is 2.03. The molecule has 0 saturated heterocycles. The van der Waals surface area contributed by atoms with Crippen molar-refractivity contribution in [2.75, 3.05) is 32.1 Å². The molecule has 0 amide bonds. The van der Waals surface area contributed by atoms with Gasteiger partial charge in [0.2, 0.25) is 0 Å². The molecule has 0 aliphatic rings. The van der Waals surface area contributed by atoms with Gasteiger partial charge in [-0.05, 0) is 31.0 Å². The van der Waals surface area contributed by atoms with Crippen LogP contribution in [0.15, 0.2) is 18.2 Å². The fraction of sp³-hybridized carbons (Fsp3) is 0.538. The molecule has 0 fully saturated rings. The summed E-state index contributed by atoms with van der Waals surface area (Å²) < 4.78 is 18.4. The van der Waals surface area contributed by atoms with Crippen LogP contribution in [0.1, 0.15) is 13.3 Å². The van der Waals surface area contributed by atoms with Crippen LogP contribution in [0.2, 0.25) is 0 Å². The van der Waals surface area contributed by atoms with Crippen molar-refractivity contribution in [1.29, 1.82) is 0 Å². The lowest BCUT2D eigenvalue weighted by molar-refractivity contribution is 0.386. The first-order chi connectivity index (χ1) is 8.08. The fourth-order valence-corrected chi connectivity index (χ4v) is 1.84. The molecular formula is C13H21FN2O. The molecule has 1 aromatic rings. The molecule has 4 heteroatoms. The first-order valence-electron chi connectivity index (χ1n) is 5.83. The maximum atomic E-state index is 13.5. The Hall–Kier alpha value is -1.29. The van der Waals surface area contributed by atoms with E-state index in [0.29, 0.717) is 12.5 Å². The normalized spacial score (nSPS) is 12.3. The minimum absolute atomic E-state index is 0.275. The number of halogens is 1. The average Bonchev–Trinajstić information content (AvgIpc) is 2.29. The molecule has 1 atom stereocenters. The van der Waals surface area contributed by atoms with Crippen LogP contribution in [-0.4, -0.2) is 27.2 Å². The summed E-state index contributed by atoms with van der Waals surface area (Å²) in [6, 6.07) is 5.00. The van der Waals surface area contributed by atoms with Gasteiger partial charge in [0.25, 0.3) is 0 Å². The molecule has 17 heavy (non-hydrogen) atoms. The van der Waals surface area contributed by atoms with Gasteiger partial charge in [-0.2, -0.15) is 0 Å². The minimum atomic E-state index is -0.330. The van der Waals surface area contributed by atoms with Crippen LogP contribution in [0, 0.1) is 11.7 Å². The van der Waals surface area contributed by atoms with E-state index in [2.05, 4.69) is 6.92 Å². The molecule has 0 aliphatic carbocycles. The second kappa shape index (κ2) is 6.45. The van der Waals surface area contributed by atoms with Gasteiger partial charge in [0, 0.05) is 25.3 Å². The van der Waals surface area contributed by atoms with Gasteiger partial charge in [-0.15, -0.1) is 0 Å². The number of nitrogens with zero attached hydrogens (tertiary/aromatic N) is 1. The van der Waals surface area contributed by atoms with E-state index >= 15 is 0 Å². The van der Waals surface area contributed by atoms with Crippen LogP contribution >= 0.6 is 0 Å². The third kappa shape index (κ3) is 3.89. The van der Waals surface area contributed by atoms with E-state index in [1.807, 2.05) is 18.0 Å². The van der Waals surface area contributed by atoms with E-state index in [1.54, 1.807) is 6.07 Å². The zero-order valence-corrected chi connectivity index (χ0v) is 10.7. The van der Waals surface area contributed by atoms with Crippen molar-refractivity contribution < 1.29 is 9.13 Å². The predicted molar refractivity (Wildman–Crippen MR) is 69.1 cm³/mol. The Bertz CT molecular complexity index is 357. The third-order valence-electron chi connectivity index (χ3n) is 2.82. The smallest absolute Gasteiger partial charge is 0.167 e. The molecule has 0 aliphatic heterocycles. The number of ether oxygens (including phenoxy) is 1. The highest BCUT2D eigenvalue weighted by Crippen LogP contribution is 2.23. The highest BCUT2D eigenvalue weighted by Gasteiger charge is 2.09. The van der Waals surface area contributed by atoms with Crippen LogP contribution < -0.4 is 15.4 Å². The second-order valence-electron chi connectivity index (χ2n) is 4.38. The Morgan fingerprint density at radius 1 is 1.47 bits per heavy atom. The summed E-state index contributed by atoms with van der Waals surface area (Å²) in [5.41, 5.74) is 6.36. The number of rotatable bonds is 6. The van der Waals surface area contributed by atoms with Crippen molar-refractivity contribution in [2.45, 2.75) is 13.3 Å². The van der Waals surface area contributed by atoms with Gasteiger partial charge < -0.3 is 15.4 Å². The lowest BCUT2D eigenvalue weighted by atomic mass is 10.1. The molecule has 2 N–H and O–H groups in total. The molecule has 96 valence electrons. The monoisotopic (exact) mass is 240 g/mol. The van der Waals surface area contributed by atoms with E-state index in [0.717, 1.165) is 18.7 Å². The Balaban J connectivity index is 2.69. The lowest BCUT2D eigenvalue weighted by Gasteiger charge is -2.23. The summed E-state index contributed by atoms with van der Waals surface area (Å²) in [5, 5.41) is 0. The molecule has 0 radical (unpaired) electrons. The molecular weight excluding hydrogens is 219 g/mol. The topological polar surface area (TPSA) is 38.5 Å². The zero-order chi connectivity index (χ0) is 12.8. The van der Waals surface area contributed by atoms with Crippen LogP contribution in [-0.2, 0) is 0 Å². The van der Waals surface area contributed by atoms with Gasteiger partial charge >= 0.3 is 0 Å². The maximum Gasteiger partial charge on any atom is 0.167 e. The maximum absolute atomic E-state index is 13.5. The van der Waals surface area contributed by atoms with Crippen molar-refractivity contribution in [3.8, 4) is 5.75 Å². The highest BCUT2D eigenvalue weighted by atomic mass is 19.1. The molecule has 0 bridgehead atoms. The number of hydrogen-bond acceptors (Lipinski definition) is 3. The molecule has 1 rings (SSSR count). The lowest BCUT2D eigenvalue weighted by Crippen LogP contribution is -2.25. The molecule has 0 spiro atoms. The van der Waals surface area contributed by atoms with Gasteiger partial charge in [0.1, 0.15) is 0 Å². The molecule has 0 saturated carbocycles. The van der Waals surface area contributed by atoms with Crippen LogP contribution in [0.25, 0.3) is 0 Å². The van der Waals surface area contributed by atoms with Crippen LogP contribution in [0.4, 0.5) is 10.1 Å². The Morgan fingerprint density at radius 3 is 2.71 bits per heavy atom. The average molecular weight is 240 g/mol. The third-order valence-corrected chi connectivity index (χ3v) is 2.82. The zero-order valence-electron chi connectivity index (χ0n) is 10.7. The van der Waals surface area contributed by atoms with Crippen molar-refractivity contribution in [2.24, 2.45) is 11.7 Å². The minimum Gasteiger partial charge on any atom is -0.494 e. The van der Waals surface area contributed by atoms with E-state index in [-0.39, 0.29) is 11.6 Å². The summed E-state index contributed by atoms with van der Waals surface area (Å²) in [6.07, 6.45) is 0.975. The quantitative estimate of drug-likeness (QED) is 0.829. The summed E-state index contributed by atoms with van der Waals surface area (Å²) in [7, 11) is 3.42. The predicted octanol–water partition coefficient (Wildman–Crippen LogP) is 2.26. The molecule has 1 aromatic carbocycles. The number of hydrogen-bond donors (Lipinski definition) is 1. The van der Waals surface area contributed by atoms with Crippen molar-refractivity contribution in [3.63, 3.8) is 0 Å². The SMILES string of the molecule is COc1ccc(N(C)CC(C)CCN)cc1F. The van der Waals surface area contributed by atoms with Gasteiger partial charge in [-0.1, -0.05) is 6.92 Å². The molecule has 1 unspecified atom stereocenters. The van der Waals surface area contributed by atoms with Crippen molar-refractivity contribution >= 4 is 5.69 Å². The largest absolute Gasteiger partial charge is 0.494 e. The van der Waals surface area contributed by atoms with E-state index < -0.39 is 0 Å². The summed E-state index contributed by atoms with van der Waals surface area (Å²) in [6.45, 7) is 3.69. The second-order valence-corrected chi connectivity index (χ2v) is 4.38. The first kappa shape index (κ1) is 13.8. The number of anilines is 1. The number of nitrogens with two attached hydrogens (primary N) is 1. The van der Waals surface area contributed by atoms with Gasteiger partial charge in [-0.25, -0.2) is 4.39 Å². The highest BCUT2D eigenvalue weighted by molar-refractivity contribution is 5.49. The standard InChI is InChI=1S/C13H21FN2O/c1-10(6-7-15)9-16(2)11-4-5-13(17-3)12(14)8-11/h4-5,8,10H,6-7,9,15H2,1-3H3. The number of benzene rings is 1. The molecule has 0 aromatic heterocycles. The Kier molecular flexibility index (Phi) is 5.22. The van der Waals surface area contributed by atoms with Gasteiger partial charge in [0.15, 0.2) is 11.6 Å². The van der Waals surface area contributed by atoms with Crippen LogP contribution in [0.5, 0.6) is 5.75 Å². The van der Waals surface area contributed by atoms with Gasteiger partial charge in [-0.3, -0.25) is 0 Å². The first-order valence-corrected chi connectivity index (χ1v) is 5.83. The van der Waals surface area contributed by atoms with Gasteiger partial charge in [0.05, 0.1) is 7.11 Å². The molecule has 3 nitrogen and oxygen atoms in total. The van der Waals surface area contributed by atoms with Crippen molar-refractivity contribution in [1.82, 2.24) is 0 Å². The Labute approximate surface area is 102 Å². The van der Waals surface area contributed by atoms with E-state index in [4.69, 9.17) is 10.5 Å². The molecule has 0 heterocycles. The van der Waals surface area contributed by atoms with Crippen LogP contribution in [0.3, 0.4) is 0 Å². The van der Waals surface area contributed by atoms with E-state index in [1.165, 1.54) is 13.2 Å². The summed E-state index contributed by atoms with van der Waals surface area (Å²) in [5.74, 6) is 0.440. The summed E-state index contributed by atoms with van der Waals surface area (Å²) >= 11 is 0. The van der Waals surface area contributed by atoms with Crippen molar-refractivity contribution in [3.05, 3.63) is 24.0 Å². The fourth-order valence-electron chi connectivity index (χ4n) is 1.84. The number of methoxy groups -OCH3 is 1. The Morgan fingerprint density at radius 2 is 2.18 bits per heavy atom. The van der Waals surface area contributed by atoms with E-state index in [9.17, 15) is 4.39 Å².